The second-order valence-electron chi connectivity index (χ2n) is 16.9. The van der Waals surface area contributed by atoms with Crippen molar-refractivity contribution in [3.8, 4) is 33.4 Å². The van der Waals surface area contributed by atoms with Gasteiger partial charge in [-0.05, 0) is 141 Å². The molecule has 284 valence electrons. The number of nitrogens with zero attached hydrogens (tertiary/aromatic N) is 2. The zero-order valence-electron chi connectivity index (χ0n) is 33.9. The van der Waals surface area contributed by atoms with Gasteiger partial charge in [-0.15, -0.1) is 0 Å². The fraction of sp³-hybridized carbons (Fsp3) is 0.143. The van der Waals surface area contributed by atoms with Gasteiger partial charge in [-0.1, -0.05) is 161 Å². The van der Waals surface area contributed by atoms with E-state index >= 15 is 0 Å². The maximum absolute atomic E-state index is 2.46. The Morgan fingerprint density at radius 2 is 0.552 bits per heavy atom. The normalized spacial score (nSPS) is 14.0. The molecule has 0 aromatic heterocycles. The van der Waals surface area contributed by atoms with Gasteiger partial charge in [0.1, 0.15) is 0 Å². The van der Waals surface area contributed by atoms with Gasteiger partial charge in [0.15, 0.2) is 0 Å². The third-order valence-electron chi connectivity index (χ3n) is 12.2. The van der Waals surface area contributed by atoms with Crippen LogP contribution in [0.3, 0.4) is 0 Å². The van der Waals surface area contributed by atoms with E-state index in [1.807, 2.05) is 0 Å². The second-order valence-corrected chi connectivity index (χ2v) is 16.9. The Morgan fingerprint density at radius 1 is 0.276 bits per heavy atom. The molecule has 0 atom stereocenters. The Morgan fingerprint density at radius 3 is 0.948 bits per heavy atom. The van der Waals surface area contributed by atoms with Crippen LogP contribution in [0.25, 0.3) is 33.4 Å². The molecule has 0 N–H and O–H groups in total. The van der Waals surface area contributed by atoms with Gasteiger partial charge < -0.3 is 9.80 Å². The van der Waals surface area contributed by atoms with Gasteiger partial charge in [0.2, 0.25) is 0 Å². The van der Waals surface area contributed by atoms with E-state index in [2.05, 4.69) is 244 Å². The molecule has 0 aliphatic heterocycles. The third-order valence-corrected chi connectivity index (χ3v) is 12.2. The highest BCUT2D eigenvalue weighted by Gasteiger charge is 2.37. The molecule has 2 nitrogen and oxygen atoms in total. The van der Waals surface area contributed by atoms with Crippen molar-refractivity contribution in [2.24, 2.45) is 0 Å². The van der Waals surface area contributed by atoms with Crippen molar-refractivity contribution < 1.29 is 0 Å². The van der Waals surface area contributed by atoms with E-state index in [0.29, 0.717) is 0 Å². The number of benzene rings is 8. The van der Waals surface area contributed by atoms with Crippen LogP contribution < -0.4 is 9.80 Å². The van der Waals surface area contributed by atoms with Gasteiger partial charge in [-0.2, -0.15) is 0 Å². The molecule has 2 heteroatoms. The van der Waals surface area contributed by atoms with E-state index in [1.165, 1.54) is 63.0 Å². The lowest BCUT2D eigenvalue weighted by atomic mass is 9.63. The average Bonchev–Trinajstić information content (AvgIpc) is 3.27. The van der Waals surface area contributed by atoms with Crippen molar-refractivity contribution in [2.45, 2.75) is 51.4 Å². The molecule has 0 bridgehead atoms. The Balaban J connectivity index is 1.05. The molecule has 0 radical (unpaired) electrons. The summed E-state index contributed by atoms with van der Waals surface area (Å²) >= 11 is 0. The van der Waals surface area contributed by atoms with Gasteiger partial charge in [-0.25, -0.2) is 0 Å². The molecule has 0 saturated carbocycles. The molecular weight excluding hydrogens is 701 g/mol. The number of fused-ring (bicyclic) bond motifs is 1. The highest BCUT2D eigenvalue weighted by molar-refractivity contribution is 5.82. The summed E-state index contributed by atoms with van der Waals surface area (Å²) in [6.45, 7) is 9.61. The first-order valence-electron chi connectivity index (χ1n) is 20.6. The molecule has 8 aromatic carbocycles. The zero-order valence-corrected chi connectivity index (χ0v) is 33.9. The Hall–Kier alpha value is -6.64. The predicted molar refractivity (Wildman–Crippen MR) is 247 cm³/mol. The number of para-hydroxylation sites is 2. The summed E-state index contributed by atoms with van der Waals surface area (Å²) in [6, 6.07) is 74.8. The average molecular weight is 751 g/mol. The van der Waals surface area contributed by atoms with Crippen LogP contribution in [0.2, 0.25) is 0 Å². The summed E-state index contributed by atoms with van der Waals surface area (Å²) in [5.41, 5.74) is 17.3. The molecule has 58 heavy (non-hydrogen) atoms. The first-order chi connectivity index (χ1) is 28.2. The van der Waals surface area contributed by atoms with Crippen LogP contribution in [0.1, 0.15) is 51.7 Å². The Labute approximate surface area is 344 Å². The molecule has 0 spiro atoms. The summed E-state index contributed by atoms with van der Waals surface area (Å²) in [5, 5.41) is 0. The van der Waals surface area contributed by atoms with Crippen LogP contribution in [0, 0.1) is 0 Å². The number of anilines is 6. The number of rotatable bonds is 9. The lowest BCUT2D eigenvalue weighted by molar-refractivity contribution is 0.332. The number of hydrogen-bond acceptors (Lipinski definition) is 2. The van der Waals surface area contributed by atoms with Gasteiger partial charge in [-0.3, -0.25) is 0 Å². The zero-order chi connectivity index (χ0) is 39.7. The van der Waals surface area contributed by atoms with Crippen LogP contribution in [0.5, 0.6) is 0 Å². The minimum absolute atomic E-state index is 0.106. The second kappa shape index (κ2) is 15.4. The van der Waals surface area contributed by atoms with Crippen molar-refractivity contribution in [3.63, 3.8) is 0 Å². The fourth-order valence-corrected chi connectivity index (χ4v) is 8.66. The molecule has 8 aromatic rings. The molecule has 1 aliphatic carbocycles. The minimum atomic E-state index is 0.106. The molecule has 9 rings (SSSR count). The lowest BCUT2D eigenvalue weighted by Crippen LogP contribution is -2.34. The minimum Gasteiger partial charge on any atom is -0.311 e. The van der Waals surface area contributed by atoms with Crippen LogP contribution >= 0.6 is 0 Å². The standard InChI is InChI=1S/C56H50N2/c1-55(2)38-39-56(3,4)54-40-52(36-37-53(54)55)58(50-32-26-44(27-33-50)43-22-20-42(21-23-43)41-14-8-5-9-15-41)51-34-28-46(29-35-51)45-24-30-49(31-25-45)57(47-16-10-6-11-17-47)48-18-12-7-13-19-48/h5-37,40H,38-39H2,1-4H3. The quantitative estimate of drug-likeness (QED) is 0.145. The molecule has 0 saturated heterocycles. The van der Waals surface area contributed by atoms with Gasteiger partial charge >= 0.3 is 0 Å². The Bertz CT molecular complexity index is 2570. The van der Waals surface area contributed by atoms with Crippen molar-refractivity contribution >= 4 is 34.1 Å². The first kappa shape index (κ1) is 37.0. The summed E-state index contributed by atoms with van der Waals surface area (Å²) in [7, 11) is 0. The van der Waals surface area contributed by atoms with E-state index in [9.17, 15) is 0 Å². The van der Waals surface area contributed by atoms with Crippen LogP contribution in [0.4, 0.5) is 34.1 Å². The molecule has 0 heterocycles. The van der Waals surface area contributed by atoms with Gasteiger partial charge in [0, 0.05) is 34.1 Å². The summed E-state index contributed by atoms with van der Waals surface area (Å²) < 4.78 is 0. The SMILES string of the molecule is CC1(C)CCC(C)(C)c2cc(N(c3ccc(-c4ccc(-c5ccccc5)cc4)cc3)c3ccc(-c4ccc(N(c5ccccc5)c5ccccc5)cc4)cc3)ccc21. The fourth-order valence-electron chi connectivity index (χ4n) is 8.66. The summed E-state index contributed by atoms with van der Waals surface area (Å²) in [6.07, 6.45) is 2.37. The Kier molecular flexibility index (Phi) is 9.79. The molecule has 0 unspecified atom stereocenters. The summed E-state index contributed by atoms with van der Waals surface area (Å²) in [5.74, 6) is 0. The largest absolute Gasteiger partial charge is 0.311 e. The maximum Gasteiger partial charge on any atom is 0.0464 e. The smallest absolute Gasteiger partial charge is 0.0464 e. The molecule has 1 aliphatic rings. The van der Waals surface area contributed by atoms with E-state index < -0.39 is 0 Å². The van der Waals surface area contributed by atoms with E-state index in [0.717, 1.165) is 28.4 Å². The molecule has 0 amide bonds. The predicted octanol–water partition coefficient (Wildman–Crippen LogP) is 16.0. The maximum atomic E-state index is 2.46. The highest BCUT2D eigenvalue weighted by Crippen LogP contribution is 2.48. The van der Waals surface area contributed by atoms with E-state index in [1.54, 1.807) is 0 Å². The monoisotopic (exact) mass is 750 g/mol. The summed E-state index contributed by atoms with van der Waals surface area (Å²) in [4.78, 5) is 4.72. The first-order valence-corrected chi connectivity index (χ1v) is 20.6. The van der Waals surface area contributed by atoms with Crippen LogP contribution in [-0.4, -0.2) is 0 Å². The highest BCUT2D eigenvalue weighted by atomic mass is 15.1. The van der Waals surface area contributed by atoms with E-state index in [4.69, 9.17) is 0 Å². The van der Waals surface area contributed by atoms with Crippen molar-refractivity contribution in [1.82, 2.24) is 0 Å². The van der Waals surface area contributed by atoms with E-state index in [-0.39, 0.29) is 10.8 Å². The van der Waals surface area contributed by atoms with Crippen molar-refractivity contribution in [2.75, 3.05) is 9.80 Å². The topological polar surface area (TPSA) is 6.48 Å². The lowest BCUT2D eigenvalue weighted by Gasteiger charge is -2.42. The van der Waals surface area contributed by atoms with Crippen LogP contribution in [0.15, 0.2) is 206 Å². The number of hydrogen-bond donors (Lipinski definition) is 0. The van der Waals surface area contributed by atoms with Crippen molar-refractivity contribution in [3.05, 3.63) is 217 Å². The van der Waals surface area contributed by atoms with Gasteiger partial charge in [0.05, 0.1) is 0 Å². The van der Waals surface area contributed by atoms with Gasteiger partial charge in [0.25, 0.3) is 0 Å². The molecule has 0 fully saturated rings. The van der Waals surface area contributed by atoms with Crippen LogP contribution in [-0.2, 0) is 10.8 Å². The third kappa shape index (κ3) is 7.35. The van der Waals surface area contributed by atoms with Crippen molar-refractivity contribution in [1.29, 1.82) is 0 Å². The molecular formula is C56H50N2.